The molecule has 1 aliphatic carbocycles. The predicted octanol–water partition coefficient (Wildman–Crippen LogP) is 1.77. The molecule has 30 heavy (non-hydrogen) atoms. The summed E-state index contributed by atoms with van der Waals surface area (Å²) in [6.45, 7) is 5.09. The van der Waals surface area contributed by atoms with E-state index in [4.69, 9.17) is 0 Å². The summed E-state index contributed by atoms with van der Waals surface area (Å²) in [6.07, 6.45) is 4.52. The molecule has 9 nitrogen and oxygen atoms in total. The Balaban J connectivity index is 1.55. The minimum atomic E-state index is -0.452. The number of hydrogen-bond acceptors (Lipinski definition) is 6. The predicted molar refractivity (Wildman–Crippen MR) is 115 cm³/mol. The second-order valence-corrected chi connectivity index (χ2v) is 8.34. The van der Waals surface area contributed by atoms with Crippen LogP contribution in [0.2, 0.25) is 0 Å². The molecule has 2 atom stereocenters. The number of benzene rings is 1. The van der Waals surface area contributed by atoms with Crippen LogP contribution in [-0.2, 0) is 4.79 Å². The number of rotatable bonds is 6. The van der Waals surface area contributed by atoms with E-state index in [1.54, 1.807) is 12.1 Å². The van der Waals surface area contributed by atoms with E-state index < -0.39 is 4.92 Å². The van der Waals surface area contributed by atoms with E-state index in [9.17, 15) is 19.7 Å². The van der Waals surface area contributed by atoms with E-state index >= 15 is 0 Å². The van der Waals surface area contributed by atoms with Gasteiger partial charge in [-0.2, -0.15) is 0 Å². The second kappa shape index (κ2) is 9.88. The lowest BCUT2D eigenvalue weighted by Gasteiger charge is -2.36. The van der Waals surface area contributed by atoms with E-state index in [1.165, 1.54) is 26.0 Å². The summed E-state index contributed by atoms with van der Waals surface area (Å²) in [4.78, 5) is 39.3. The van der Waals surface area contributed by atoms with Crippen LogP contribution in [0, 0.1) is 16.0 Å². The molecule has 2 aliphatic rings. The number of piperazine rings is 1. The lowest BCUT2D eigenvalue weighted by Crippen LogP contribution is -2.51. The normalized spacial score (nSPS) is 22.4. The number of anilines is 1. The molecule has 0 radical (unpaired) electrons. The summed E-state index contributed by atoms with van der Waals surface area (Å²) in [6, 6.07) is 4.84. The Kier molecular flexibility index (Phi) is 7.25. The van der Waals surface area contributed by atoms with Gasteiger partial charge in [-0.05, 0) is 30.9 Å². The Hall–Kier alpha value is -2.68. The highest BCUT2D eigenvalue weighted by atomic mass is 16.6. The van der Waals surface area contributed by atoms with Gasteiger partial charge in [0.1, 0.15) is 5.69 Å². The Morgan fingerprint density at radius 2 is 1.93 bits per heavy atom. The minimum Gasteiger partial charge on any atom is -0.363 e. The van der Waals surface area contributed by atoms with Crippen molar-refractivity contribution in [3.05, 3.63) is 33.9 Å². The standard InChI is InChI=1S/C21H31N5O4/c1-15-4-3-5-17(12-15)23-20(27)14-24-8-10-25(11-9-24)18-7-6-16(21(28)22-2)13-19(18)26(29)30/h6-7,13,15,17H,3-5,8-12,14H2,1-2H3,(H,22,28)(H,23,27). The smallest absolute Gasteiger partial charge is 0.293 e. The van der Waals surface area contributed by atoms with Crippen LogP contribution in [0.5, 0.6) is 0 Å². The lowest BCUT2D eigenvalue weighted by atomic mass is 9.87. The highest BCUT2D eigenvalue weighted by Crippen LogP contribution is 2.30. The number of nitro benzene ring substituents is 1. The Morgan fingerprint density at radius 1 is 1.20 bits per heavy atom. The van der Waals surface area contributed by atoms with Crippen LogP contribution >= 0.6 is 0 Å². The van der Waals surface area contributed by atoms with E-state index in [0.29, 0.717) is 44.3 Å². The molecule has 1 heterocycles. The van der Waals surface area contributed by atoms with Crippen molar-refractivity contribution in [2.24, 2.45) is 5.92 Å². The molecule has 2 unspecified atom stereocenters. The van der Waals surface area contributed by atoms with Crippen LogP contribution < -0.4 is 15.5 Å². The molecule has 1 aromatic carbocycles. The molecule has 9 heteroatoms. The summed E-state index contributed by atoms with van der Waals surface area (Å²) < 4.78 is 0. The molecule has 1 aliphatic heterocycles. The summed E-state index contributed by atoms with van der Waals surface area (Å²) in [5.74, 6) is 0.370. The monoisotopic (exact) mass is 417 g/mol. The van der Waals surface area contributed by atoms with Crippen LogP contribution in [-0.4, -0.2) is 67.5 Å². The lowest BCUT2D eigenvalue weighted by molar-refractivity contribution is -0.384. The van der Waals surface area contributed by atoms with Gasteiger partial charge in [0, 0.05) is 50.9 Å². The van der Waals surface area contributed by atoms with Gasteiger partial charge in [0.05, 0.1) is 11.5 Å². The number of carbonyl (C=O) groups is 2. The Labute approximate surface area is 176 Å². The van der Waals surface area contributed by atoms with Gasteiger partial charge in [-0.3, -0.25) is 24.6 Å². The molecular formula is C21H31N5O4. The van der Waals surface area contributed by atoms with Crippen LogP contribution in [0.1, 0.15) is 43.0 Å². The zero-order chi connectivity index (χ0) is 21.7. The van der Waals surface area contributed by atoms with Crippen molar-refractivity contribution in [2.45, 2.75) is 38.6 Å². The SMILES string of the molecule is CNC(=O)c1ccc(N2CCN(CC(=O)NC3CCCC(C)C3)CC2)c([N+](=O)[O-])c1. The summed E-state index contributed by atoms with van der Waals surface area (Å²) in [5, 5.41) is 17.2. The number of carbonyl (C=O) groups excluding carboxylic acids is 2. The molecule has 0 spiro atoms. The molecule has 2 amide bonds. The van der Waals surface area contributed by atoms with E-state index in [-0.39, 0.29) is 29.1 Å². The van der Waals surface area contributed by atoms with Gasteiger partial charge in [-0.25, -0.2) is 0 Å². The fourth-order valence-corrected chi connectivity index (χ4v) is 4.41. The number of nitrogens with zero attached hydrogens (tertiary/aromatic N) is 3. The summed E-state index contributed by atoms with van der Waals surface area (Å²) in [5.41, 5.74) is 0.696. The van der Waals surface area contributed by atoms with Crippen molar-refractivity contribution in [3.63, 3.8) is 0 Å². The van der Waals surface area contributed by atoms with Crippen LogP contribution in [0.3, 0.4) is 0 Å². The topological polar surface area (TPSA) is 108 Å². The van der Waals surface area contributed by atoms with Gasteiger partial charge >= 0.3 is 0 Å². The first-order chi connectivity index (χ1) is 14.4. The first kappa shape index (κ1) is 22.0. The molecule has 1 saturated heterocycles. The number of amides is 2. The zero-order valence-electron chi connectivity index (χ0n) is 17.7. The number of nitro groups is 1. The van der Waals surface area contributed by atoms with E-state index in [1.807, 2.05) is 4.90 Å². The summed E-state index contributed by atoms with van der Waals surface area (Å²) >= 11 is 0. The first-order valence-electron chi connectivity index (χ1n) is 10.6. The van der Waals surface area contributed by atoms with Gasteiger partial charge in [-0.15, -0.1) is 0 Å². The summed E-state index contributed by atoms with van der Waals surface area (Å²) in [7, 11) is 1.49. The highest BCUT2D eigenvalue weighted by molar-refractivity contribution is 5.95. The van der Waals surface area contributed by atoms with Crippen molar-refractivity contribution in [3.8, 4) is 0 Å². The zero-order valence-corrected chi connectivity index (χ0v) is 17.7. The largest absolute Gasteiger partial charge is 0.363 e. The average Bonchev–Trinajstić information content (AvgIpc) is 2.73. The second-order valence-electron chi connectivity index (χ2n) is 8.34. The molecule has 1 saturated carbocycles. The van der Waals surface area contributed by atoms with Crippen molar-refractivity contribution in [1.82, 2.24) is 15.5 Å². The van der Waals surface area contributed by atoms with Crippen molar-refractivity contribution < 1.29 is 14.5 Å². The van der Waals surface area contributed by atoms with Crippen molar-refractivity contribution in [2.75, 3.05) is 44.7 Å². The van der Waals surface area contributed by atoms with Crippen molar-refractivity contribution >= 4 is 23.2 Å². The van der Waals surface area contributed by atoms with Crippen LogP contribution in [0.25, 0.3) is 0 Å². The van der Waals surface area contributed by atoms with Crippen LogP contribution in [0.4, 0.5) is 11.4 Å². The van der Waals surface area contributed by atoms with Gasteiger partial charge in [0.15, 0.2) is 0 Å². The molecule has 1 aromatic rings. The van der Waals surface area contributed by atoms with Crippen molar-refractivity contribution in [1.29, 1.82) is 0 Å². The van der Waals surface area contributed by atoms with Gasteiger partial charge in [-0.1, -0.05) is 19.8 Å². The van der Waals surface area contributed by atoms with E-state index in [0.717, 1.165) is 12.8 Å². The maximum Gasteiger partial charge on any atom is 0.293 e. The van der Waals surface area contributed by atoms with Gasteiger partial charge in [0.2, 0.25) is 5.91 Å². The molecule has 164 valence electrons. The van der Waals surface area contributed by atoms with Crippen LogP contribution in [0.15, 0.2) is 18.2 Å². The average molecular weight is 418 g/mol. The van der Waals surface area contributed by atoms with Gasteiger partial charge in [0.25, 0.3) is 11.6 Å². The highest BCUT2D eigenvalue weighted by Gasteiger charge is 2.26. The third kappa shape index (κ3) is 5.47. The molecule has 3 rings (SSSR count). The molecular weight excluding hydrogens is 386 g/mol. The maximum absolute atomic E-state index is 12.4. The third-order valence-corrected chi connectivity index (χ3v) is 6.04. The molecule has 0 bridgehead atoms. The number of nitrogens with one attached hydrogen (secondary N) is 2. The molecule has 2 fully saturated rings. The maximum atomic E-state index is 12.4. The molecule has 2 N–H and O–H groups in total. The number of hydrogen-bond donors (Lipinski definition) is 2. The fraction of sp³-hybridized carbons (Fsp3) is 0.619. The third-order valence-electron chi connectivity index (χ3n) is 6.04. The molecule has 0 aromatic heterocycles. The Bertz CT molecular complexity index is 792. The first-order valence-corrected chi connectivity index (χ1v) is 10.6. The van der Waals surface area contributed by atoms with E-state index in [2.05, 4.69) is 22.5 Å². The minimum absolute atomic E-state index is 0.0588. The Morgan fingerprint density at radius 3 is 2.57 bits per heavy atom. The fourth-order valence-electron chi connectivity index (χ4n) is 4.41. The van der Waals surface area contributed by atoms with Gasteiger partial charge < -0.3 is 15.5 Å². The quantitative estimate of drug-likeness (QED) is 0.540.